The highest BCUT2D eigenvalue weighted by Crippen LogP contribution is 2.51. The molecular weight excluding hydrogens is 240 g/mol. The first-order valence-electron chi connectivity index (χ1n) is 8.91. The van der Waals surface area contributed by atoms with Crippen LogP contribution in [-0.4, -0.2) is 0 Å². The molecule has 0 heteroatoms. The van der Waals surface area contributed by atoms with E-state index >= 15 is 0 Å². The SMILES string of the molecule is CCCCCC(CC1CC2CCC1C2)c1ccccc1. The highest BCUT2D eigenvalue weighted by atomic mass is 14.4. The predicted molar refractivity (Wildman–Crippen MR) is 86.9 cm³/mol. The van der Waals surface area contributed by atoms with Gasteiger partial charge < -0.3 is 0 Å². The second kappa shape index (κ2) is 6.78. The van der Waals surface area contributed by atoms with E-state index in [9.17, 15) is 0 Å². The number of hydrogen-bond acceptors (Lipinski definition) is 0. The van der Waals surface area contributed by atoms with E-state index in [0.717, 1.165) is 23.7 Å². The van der Waals surface area contributed by atoms with Crippen molar-refractivity contribution in [1.29, 1.82) is 0 Å². The lowest BCUT2D eigenvalue weighted by Gasteiger charge is -2.27. The Morgan fingerprint density at radius 3 is 2.55 bits per heavy atom. The van der Waals surface area contributed by atoms with Gasteiger partial charge in [0.1, 0.15) is 0 Å². The highest BCUT2D eigenvalue weighted by Gasteiger charge is 2.40. The van der Waals surface area contributed by atoms with Crippen LogP contribution < -0.4 is 0 Å². The van der Waals surface area contributed by atoms with Crippen molar-refractivity contribution in [2.45, 2.75) is 70.6 Å². The smallest absolute Gasteiger partial charge is 0.0159 e. The molecule has 0 N–H and O–H groups in total. The van der Waals surface area contributed by atoms with E-state index in [1.165, 1.54) is 44.9 Å². The maximum absolute atomic E-state index is 2.36. The number of unbranched alkanes of at least 4 members (excludes halogenated alkanes) is 2. The Morgan fingerprint density at radius 1 is 1.05 bits per heavy atom. The van der Waals surface area contributed by atoms with Crippen molar-refractivity contribution in [2.24, 2.45) is 17.8 Å². The Hall–Kier alpha value is -0.780. The molecule has 2 aliphatic rings. The molecule has 2 bridgehead atoms. The maximum atomic E-state index is 2.36. The van der Waals surface area contributed by atoms with Crippen molar-refractivity contribution >= 4 is 0 Å². The van der Waals surface area contributed by atoms with Crippen LogP contribution in [0, 0.1) is 17.8 Å². The Labute approximate surface area is 125 Å². The summed E-state index contributed by atoms with van der Waals surface area (Å²) in [7, 11) is 0. The first kappa shape index (κ1) is 14.2. The molecule has 20 heavy (non-hydrogen) atoms. The van der Waals surface area contributed by atoms with Crippen LogP contribution in [0.4, 0.5) is 0 Å². The van der Waals surface area contributed by atoms with E-state index in [0.29, 0.717) is 0 Å². The van der Waals surface area contributed by atoms with Crippen LogP contribution in [0.2, 0.25) is 0 Å². The van der Waals surface area contributed by atoms with E-state index in [4.69, 9.17) is 0 Å². The molecule has 4 atom stereocenters. The molecule has 0 aromatic heterocycles. The molecule has 0 amide bonds. The lowest BCUT2D eigenvalue weighted by Crippen LogP contribution is -2.14. The number of hydrogen-bond donors (Lipinski definition) is 0. The molecule has 0 spiro atoms. The van der Waals surface area contributed by atoms with E-state index in [2.05, 4.69) is 37.3 Å². The molecule has 1 aromatic rings. The van der Waals surface area contributed by atoms with Crippen LogP contribution in [0.15, 0.2) is 30.3 Å². The van der Waals surface area contributed by atoms with Crippen LogP contribution >= 0.6 is 0 Å². The lowest BCUT2D eigenvalue weighted by molar-refractivity contribution is 0.288. The summed E-state index contributed by atoms with van der Waals surface area (Å²) in [4.78, 5) is 0. The largest absolute Gasteiger partial charge is 0.0654 e. The van der Waals surface area contributed by atoms with E-state index in [1.807, 2.05) is 0 Å². The van der Waals surface area contributed by atoms with Gasteiger partial charge in [0.2, 0.25) is 0 Å². The fourth-order valence-corrected chi connectivity index (χ4v) is 4.82. The molecule has 2 fully saturated rings. The molecule has 4 unspecified atom stereocenters. The molecule has 2 aliphatic carbocycles. The topological polar surface area (TPSA) is 0 Å². The summed E-state index contributed by atoms with van der Waals surface area (Å²) in [6, 6.07) is 11.3. The minimum Gasteiger partial charge on any atom is -0.0654 e. The third-order valence-corrected chi connectivity index (χ3v) is 5.90. The quantitative estimate of drug-likeness (QED) is 0.519. The zero-order valence-corrected chi connectivity index (χ0v) is 13.1. The Morgan fingerprint density at radius 2 is 1.90 bits per heavy atom. The van der Waals surface area contributed by atoms with Gasteiger partial charge in [-0.15, -0.1) is 0 Å². The van der Waals surface area contributed by atoms with Crippen LogP contribution in [0.3, 0.4) is 0 Å². The van der Waals surface area contributed by atoms with Gasteiger partial charge >= 0.3 is 0 Å². The molecule has 3 rings (SSSR count). The third kappa shape index (κ3) is 3.27. The van der Waals surface area contributed by atoms with Gasteiger partial charge in [0.15, 0.2) is 0 Å². The summed E-state index contributed by atoms with van der Waals surface area (Å²) in [6.45, 7) is 2.31. The van der Waals surface area contributed by atoms with Gasteiger partial charge in [0, 0.05) is 0 Å². The summed E-state index contributed by atoms with van der Waals surface area (Å²) in [6.07, 6.45) is 13.2. The van der Waals surface area contributed by atoms with E-state index < -0.39 is 0 Å². The average molecular weight is 270 g/mol. The van der Waals surface area contributed by atoms with Crippen LogP contribution in [0.1, 0.15) is 76.2 Å². The first-order chi connectivity index (χ1) is 9.86. The first-order valence-corrected chi connectivity index (χ1v) is 8.91. The third-order valence-electron chi connectivity index (χ3n) is 5.90. The molecular formula is C20H30. The average Bonchev–Trinajstić information content (AvgIpc) is 3.10. The standard InChI is InChI=1S/C20H30/c1-2-3-5-10-18(17-8-6-4-7-9-17)15-20-14-16-11-12-19(20)13-16/h4,6-9,16,18-20H,2-3,5,10-15H2,1H3. The minimum atomic E-state index is 0.826. The van der Waals surface area contributed by atoms with Crippen molar-refractivity contribution in [1.82, 2.24) is 0 Å². The molecule has 0 saturated heterocycles. The monoisotopic (exact) mass is 270 g/mol. The number of rotatable bonds is 7. The zero-order chi connectivity index (χ0) is 13.8. The molecule has 1 aromatic carbocycles. The number of benzene rings is 1. The summed E-state index contributed by atoms with van der Waals surface area (Å²) >= 11 is 0. The predicted octanol–water partition coefficient (Wildman–Crippen LogP) is 6.18. The van der Waals surface area contributed by atoms with Gasteiger partial charge in [0.05, 0.1) is 0 Å². The fourth-order valence-electron chi connectivity index (χ4n) is 4.82. The van der Waals surface area contributed by atoms with Crippen molar-refractivity contribution in [3.63, 3.8) is 0 Å². The number of fused-ring (bicyclic) bond motifs is 2. The highest BCUT2D eigenvalue weighted by molar-refractivity contribution is 5.19. The van der Waals surface area contributed by atoms with Gasteiger partial charge in [0.25, 0.3) is 0 Å². The summed E-state index contributed by atoms with van der Waals surface area (Å²) in [5.74, 6) is 4.04. The Bertz CT molecular complexity index is 394. The Balaban J connectivity index is 1.62. The normalized spacial score (nSPS) is 29.8. The Kier molecular flexibility index (Phi) is 4.81. The van der Waals surface area contributed by atoms with Gasteiger partial charge in [-0.1, -0.05) is 62.9 Å². The van der Waals surface area contributed by atoms with Gasteiger partial charge in [-0.3, -0.25) is 0 Å². The molecule has 0 aliphatic heterocycles. The van der Waals surface area contributed by atoms with E-state index in [-0.39, 0.29) is 0 Å². The van der Waals surface area contributed by atoms with Crippen molar-refractivity contribution in [2.75, 3.05) is 0 Å². The zero-order valence-electron chi connectivity index (χ0n) is 13.1. The van der Waals surface area contributed by atoms with E-state index in [1.54, 1.807) is 18.4 Å². The fraction of sp³-hybridized carbons (Fsp3) is 0.700. The summed E-state index contributed by atoms with van der Waals surface area (Å²) in [5.41, 5.74) is 1.60. The van der Waals surface area contributed by atoms with Crippen molar-refractivity contribution in [3.05, 3.63) is 35.9 Å². The lowest BCUT2D eigenvalue weighted by atomic mass is 9.78. The molecule has 0 radical (unpaired) electrons. The minimum absolute atomic E-state index is 0.826. The van der Waals surface area contributed by atoms with Crippen molar-refractivity contribution in [3.8, 4) is 0 Å². The second-order valence-electron chi connectivity index (χ2n) is 7.27. The molecule has 0 heterocycles. The van der Waals surface area contributed by atoms with Crippen LogP contribution in [0.5, 0.6) is 0 Å². The maximum Gasteiger partial charge on any atom is -0.0159 e. The summed E-state index contributed by atoms with van der Waals surface area (Å²) < 4.78 is 0. The molecule has 2 saturated carbocycles. The molecule has 110 valence electrons. The summed E-state index contributed by atoms with van der Waals surface area (Å²) in [5, 5.41) is 0. The molecule has 0 nitrogen and oxygen atoms in total. The van der Waals surface area contributed by atoms with Gasteiger partial charge in [-0.25, -0.2) is 0 Å². The van der Waals surface area contributed by atoms with Crippen molar-refractivity contribution < 1.29 is 0 Å². The van der Waals surface area contributed by atoms with Gasteiger partial charge in [-0.2, -0.15) is 0 Å². The van der Waals surface area contributed by atoms with Gasteiger partial charge in [-0.05, 0) is 61.3 Å². The van der Waals surface area contributed by atoms with Crippen LogP contribution in [-0.2, 0) is 0 Å². The second-order valence-corrected chi connectivity index (χ2v) is 7.27. The van der Waals surface area contributed by atoms with Crippen LogP contribution in [0.25, 0.3) is 0 Å².